The molecule has 7 rings (SSSR count). The number of aromatic hydroxyl groups is 2. The first kappa shape index (κ1) is 55.2. The number of aromatic nitrogens is 1. The van der Waals surface area contributed by atoms with Gasteiger partial charge in [-0.1, -0.05) is 108 Å². The Morgan fingerprint density at radius 1 is 0.784 bits per heavy atom. The number of hydrogen-bond donors (Lipinski definition) is 5. The molecule has 4 amide bonds. The van der Waals surface area contributed by atoms with E-state index in [1.165, 1.54) is 4.90 Å². The highest BCUT2D eigenvalue weighted by Gasteiger charge is 2.44. The normalized spacial score (nSPS) is 16.9. The summed E-state index contributed by atoms with van der Waals surface area (Å²) in [4.78, 5) is 65.0. The maximum atomic E-state index is 14.1. The van der Waals surface area contributed by atoms with Crippen molar-refractivity contribution in [2.45, 2.75) is 117 Å². The van der Waals surface area contributed by atoms with Crippen LogP contribution in [0.4, 0.5) is 0 Å². The van der Waals surface area contributed by atoms with E-state index in [9.17, 15) is 34.5 Å². The number of amides is 4. The molecule has 0 spiro atoms. The summed E-state index contributed by atoms with van der Waals surface area (Å²) in [6, 6.07) is 28.7. The van der Waals surface area contributed by atoms with Crippen LogP contribution in [-0.2, 0) is 25.7 Å². The third-order valence-corrected chi connectivity index (χ3v) is 15.1. The fraction of sp³-hybridized carbons (Fsp3) is 0.441. The molecule has 0 bridgehead atoms. The van der Waals surface area contributed by atoms with E-state index in [-0.39, 0.29) is 61.1 Å². The van der Waals surface area contributed by atoms with Crippen LogP contribution in [0.2, 0.25) is 0 Å². The molecule has 0 radical (unpaired) electrons. The third kappa shape index (κ3) is 15.0. The van der Waals surface area contributed by atoms with Gasteiger partial charge in [0.1, 0.15) is 35.9 Å². The Morgan fingerprint density at radius 2 is 1.38 bits per heavy atom. The molecule has 5 N–H and O–H groups in total. The zero-order chi connectivity index (χ0) is 52.8. The maximum Gasteiger partial charge on any atom is 0.246 e. The number of aryl methyl sites for hydroxylation is 1. The van der Waals surface area contributed by atoms with Crippen LogP contribution in [0.1, 0.15) is 113 Å². The minimum atomic E-state index is -0.876. The van der Waals surface area contributed by atoms with E-state index >= 15 is 0 Å². The summed E-state index contributed by atoms with van der Waals surface area (Å²) in [5.74, 6) is 0.419. The van der Waals surface area contributed by atoms with E-state index < -0.39 is 23.6 Å². The van der Waals surface area contributed by atoms with Gasteiger partial charge in [-0.3, -0.25) is 24.1 Å². The number of β-amino-alcohol motifs (C(OH)–C–C–N with tert-alkyl or cyclic N) is 1. The summed E-state index contributed by atoms with van der Waals surface area (Å²) in [5, 5.41) is 36.4. The number of allylic oxidation sites excluding steroid dienone is 1. The highest BCUT2D eigenvalue weighted by Crippen LogP contribution is 2.36. The van der Waals surface area contributed by atoms with Gasteiger partial charge in [0, 0.05) is 65.1 Å². The van der Waals surface area contributed by atoms with Gasteiger partial charge in [0.15, 0.2) is 0 Å². The summed E-state index contributed by atoms with van der Waals surface area (Å²) < 4.78 is 6.17. The van der Waals surface area contributed by atoms with Gasteiger partial charge in [-0.05, 0) is 107 Å². The number of hydrogen-bond acceptors (Lipinski definition) is 11. The van der Waals surface area contributed by atoms with E-state index in [1.54, 1.807) is 35.6 Å². The minimum Gasteiger partial charge on any atom is -0.508 e. The lowest BCUT2D eigenvalue weighted by atomic mass is 9.85. The quantitative estimate of drug-likeness (QED) is 0.0331. The molecule has 3 heterocycles. The second-order valence-corrected chi connectivity index (χ2v) is 21.5. The molecular weight excluding hydrogens is 953 g/mol. The molecule has 3 atom stereocenters. The highest BCUT2D eigenvalue weighted by atomic mass is 32.1. The monoisotopic (exact) mass is 1030 g/mol. The summed E-state index contributed by atoms with van der Waals surface area (Å²) in [7, 11) is 0. The van der Waals surface area contributed by atoms with E-state index in [4.69, 9.17) is 4.74 Å². The van der Waals surface area contributed by atoms with Crippen molar-refractivity contribution in [1.82, 2.24) is 30.3 Å². The van der Waals surface area contributed by atoms with Gasteiger partial charge in [0.25, 0.3) is 0 Å². The van der Waals surface area contributed by atoms with Crippen molar-refractivity contribution < 1.29 is 39.2 Å². The number of aliphatic hydroxyl groups excluding tert-OH is 1. The number of carbonyl (C=O) groups excluding carboxylic acids is 4. The van der Waals surface area contributed by atoms with Gasteiger partial charge in [0.2, 0.25) is 23.6 Å². The minimum absolute atomic E-state index is 0.0181. The molecular formula is C59H74N6O8S. The zero-order valence-electron chi connectivity index (χ0n) is 43.6. The lowest BCUT2D eigenvalue weighted by molar-refractivity contribution is -0.144. The second kappa shape index (κ2) is 26.1. The molecule has 0 saturated carbocycles. The highest BCUT2D eigenvalue weighted by molar-refractivity contribution is 7.13. The van der Waals surface area contributed by atoms with E-state index in [0.29, 0.717) is 32.5 Å². The molecule has 5 aromatic rings. The second-order valence-electron chi connectivity index (χ2n) is 20.6. The van der Waals surface area contributed by atoms with Crippen LogP contribution in [0.3, 0.4) is 0 Å². The number of nitrogens with one attached hydrogen (secondary N) is 2. The van der Waals surface area contributed by atoms with E-state index in [0.717, 1.165) is 107 Å². The SMILES string of the molecule is CCC(=C(c1ccc(O)cc1)c1ccc(OCCN2CCN(C(=O)CCCCCCCC(=O)NC(C(=O)N3C[C@H](O)C[C@H]3C(=O)NCc3ccc(-c4scnc4C)cc3)C(C)(C)C)CC2)cc1)c1ccc(O)cc1. The number of carbonyl (C=O) groups is 4. The van der Waals surface area contributed by atoms with E-state index in [1.807, 2.05) is 98.8 Å². The number of ether oxygens (including phenoxy) is 1. The van der Waals surface area contributed by atoms with Gasteiger partial charge in [-0.15, -0.1) is 11.3 Å². The fourth-order valence-corrected chi connectivity index (χ4v) is 10.6. The van der Waals surface area contributed by atoms with Crippen LogP contribution in [-0.4, -0.2) is 123 Å². The number of aliphatic hydroxyl groups is 1. The predicted molar refractivity (Wildman–Crippen MR) is 291 cm³/mol. The largest absolute Gasteiger partial charge is 0.508 e. The summed E-state index contributed by atoms with van der Waals surface area (Å²) in [6.45, 7) is 14.2. The van der Waals surface area contributed by atoms with Crippen LogP contribution in [0.25, 0.3) is 21.6 Å². The van der Waals surface area contributed by atoms with Gasteiger partial charge in [-0.25, -0.2) is 4.98 Å². The predicted octanol–water partition coefficient (Wildman–Crippen LogP) is 8.96. The number of piperazine rings is 1. The average Bonchev–Trinajstić information content (AvgIpc) is 4.02. The zero-order valence-corrected chi connectivity index (χ0v) is 44.5. The Labute approximate surface area is 440 Å². The Hall–Kier alpha value is -6.55. The van der Waals surface area contributed by atoms with Crippen molar-refractivity contribution in [3.8, 4) is 27.7 Å². The lowest BCUT2D eigenvalue weighted by Crippen LogP contribution is -2.57. The molecule has 394 valence electrons. The summed E-state index contributed by atoms with van der Waals surface area (Å²) >= 11 is 1.58. The Kier molecular flexibility index (Phi) is 19.5. The first-order valence-corrected chi connectivity index (χ1v) is 27.1. The van der Waals surface area contributed by atoms with Crippen LogP contribution >= 0.6 is 11.3 Å². The molecule has 14 nitrogen and oxygen atoms in total. The topological polar surface area (TPSA) is 185 Å². The van der Waals surface area contributed by atoms with Crippen LogP contribution < -0.4 is 15.4 Å². The molecule has 2 aliphatic heterocycles. The molecule has 74 heavy (non-hydrogen) atoms. The number of phenolic OH excluding ortho intramolecular Hbond substituents is 2. The number of unbranched alkanes of at least 4 members (excludes halogenated alkanes) is 4. The van der Waals surface area contributed by atoms with Crippen molar-refractivity contribution >= 4 is 46.1 Å². The van der Waals surface area contributed by atoms with Crippen molar-refractivity contribution in [3.63, 3.8) is 0 Å². The molecule has 2 fully saturated rings. The Morgan fingerprint density at radius 3 is 1.97 bits per heavy atom. The number of phenols is 2. The number of nitrogens with zero attached hydrogens (tertiary/aromatic N) is 4. The van der Waals surface area contributed by atoms with Gasteiger partial charge in [0.05, 0.1) is 22.2 Å². The summed E-state index contributed by atoms with van der Waals surface area (Å²) in [6.07, 6.45) is 4.86. The first-order valence-electron chi connectivity index (χ1n) is 26.2. The summed E-state index contributed by atoms with van der Waals surface area (Å²) in [5.41, 5.74) is 9.31. The first-order chi connectivity index (χ1) is 35.6. The number of benzene rings is 4. The molecule has 2 aliphatic rings. The van der Waals surface area contributed by atoms with Gasteiger partial charge >= 0.3 is 0 Å². The lowest BCUT2D eigenvalue weighted by Gasteiger charge is -2.35. The molecule has 15 heteroatoms. The number of likely N-dealkylation sites (tertiary alicyclic amines) is 1. The van der Waals surface area contributed by atoms with Crippen molar-refractivity contribution in [2.24, 2.45) is 5.41 Å². The fourth-order valence-electron chi connectivity index (χ4n) is 9.83. The molecule has 0 aliphatic carbocycles. The Balaban J connectivity index is 0.774. The average molecular weight is 1030 g/mol. The molecule has 1 unspecified atom stereocenters. The smallest absolute Gasteiger partial charge is 0.246 e. The van der Waals surface area contributed by atoms with Gasteiger partial charge < -0.3 is 40.5 Å². The van der Waals surface area contributed by atoms with Crippen molar-refractivity contribution in [2.75, 3.05) is 45.9 Å². The number of thiazole rings is 1. The van der Waals surface area contributed by atoms with Crippen LogP contribution in [0.15, 0.2) is 103 Å². The van der Waals surface area contributed by atoms with Crippen LogP contribution in [0.5, 0.6) is 17.2 Å². The Bertz CT molecular complexity index is 2670. The third-order valence-electron chi connectivity index (χ3n) is 14.1. The van der Waals surface area contributed by atoms with Gasteiger partial charge in [-0.2, -0.15) is 0 Å². The standard InChI is InChI=1S/C59H74N6O8S/c1-6-50(42-18-24-46(66)25-19-42)54(43-20-26-47(67)27-21-43)44-22-28-49(29-23-44)73-35-34-63-30-32-64(33-31-63)53(70)13-11-9-7-8-10-12-52(69)62-56(59(3,4)5)58(72)65-38-48(68)36-51(65)57(71)60-37-41-14-16-45(17-15-41)55-40(2)61-39-74-55/h14-29,39,48,51,56,66-68H,6-13,30-38H2,1-5H3,(H,60,71)(H,62,69)/t48-,51+,56?/m1/s1. The van der Waals surface area contributed by atoms with Crippen LogP contribution in [0, 0.1) is 12.3 Å². The molecule has 1 aromatic heterocycles. The molecule has 4 aromatic carbocycles. The van der Waals surface area contributed by atoms with E-state index in [2.05, 4.69) is 39.6 Å². The number of rotatable bonds is 22. The van der Waals surface area contributed by atoms with Crippen molar-refractivity contribution in [1.29, 1.82) is 0 Å². The maximum absolute atomic E-state index is 14.1. The van der Waals surface area contributed by atoms with Crippen molar-refractivity contribution in [3.05, 3.63) is 131 Å². The molecule has 2 saturated heterocycles.